The van der Waals surface area contributed by atoms with Crippen LogP contribution in [0.5, 0.6) is 0 Å². The van der Waals surface area contributed by atoms with E-state index < -0.39 is 0 Å². The molecule has 0 amide bonds. The van der Waals surface area contributed by atoms with Gasteiger partial charge in [0.05, 0.1) is 16.8 Å². The second kappa shape index (κ2) is 12.7. The quantitative estimate of drug-likeness (QED) is 0.193. The summed E-state index contributed by atoms with van der Waals surface area (Å²) in [6.07, 6.45) is 12.3. The van der Waals surface area contributed by atoms with Crippen molar-refractivity contribution >= 4 is 88.6 Å². The highest BCUT2D eigenvalue weighted by Crippen LogP contribution is 2.47. The van der Waals surface area contributed by atoms with Crippen LogP contribution < -0.4 is 0 Å². The summed E-state index contributed by atoms with van der Waals surface area (Å²) < 4.78 is 4.57. The second-order valence-corrected chi connectivity index (χ2v) is 12.3. The van der Waals surface area contributed by atoms with Crippen LogP contribution in [0.1, 0.15) is 61.0 Å². The van der Waals surface area contributed by atoms with E-state index in [0.717, 1.165) is 44.3 Å². The fraction of sp³-hybridized carbons (Fsp3) is 0.500. The van der Waals surface area contributed by atoms with Crippen molar-refractivity contribution in [1.82, 2.24) is 9.97 Å². The van der Waals surface area contributed by atoms with Crippen molar-refractivity contribution in [2.75, 3.05) is 8.86 Å². The van der Waals surface area contributed by atoms with Gasteiger partial charge in [-0.15, -0.1) is 0 Å². The van der Waals surface area contributed by atoms with Crippen LogP contribution in [-0.4, -0.2) is 30.4 Å². The highest BCUT2D eigenvalue weighted by atomic mass is 127. The molecule has 1 saturated carbocycles. The van der Waals surface area contributed by atoms with Gasteiger partial charge in [-0.1, -0.05) is 58.0 Å². The van der Waals surface area contributed by atoms with Crippen molar-refractivity contribution in [3.63, 3.8) is 0 Å². The van der Waals surface area contributed by atoms with Gasteiger partial charge in [0.1, 0.15) is 11.6 Å². The summed E-state index contributed by atoms with van der Waals surface area (Å²) in [5, 5.41) is 0. The molecule has 1 fully saturated rings. The second-order valence-electron chi connectivity index (χ2n) is 8.29. The van der Waals surface area contributed by atoms with E-state index in [9.17, 15) is 9.59 Å². The zero-order chi connectivity index (χ0) is 23.1. The van der Waals surface area contributed by atoms with Crippen LogP contribution in [0.3, 0.4) is 0 Å². The summed E-state index contributed by atoms with van der Waals surface area (Å²) >= 11 is 11.5. The SMILES string of the molecule is ICCCCI.O=C1Cc2cc(Br)cnc2C1.O=C1Cc2cc(Br)cnc2C12CCCC2. The molecule has 0 aromatic carbocycles. The number of aromatic nitrogens is 2. The molecule has 0 bridgehead atoms. The Kier molecular flexibility index (Phi) is 10.6. The molecule has 0 atom stereocenters. The Bertz CT molecular complexity index is 974. The third kappa shape index (κ3) is 6.59. The van der Waals surface area contributed by atoms with Crippen LogP contribution in [0, 0.1) is 0 Å². The molecule has 32 heavy (non-hydrogen) atoms. The highest BCUT2D eigenvalue weighted by molar-refractivity contribution is 14.1. The number of unbranched alkanes of at least 4 members (excludes halogenated alkanes) is 1. The topological polar surface area (TPSA) is 59.9 Å². The Labute approximate surface area is 234 Å². The first kappa shape index (κ1) is 26.7. The van der Waals surface area contributed by atoms with Gasteiger partial charge in [0, 0.05) is 40.6 Å². The number of alkyl halides is 2. The molecule has 0 radical (unpaired) electrons. The van der Waals surface area contributed by atoms with Gasteiger partial charge in [0.15, 0.2) is 0 Å². The van der Waals surface area contributed by atoms with Crippen molar-refractivity contribution in [1.29, 1.82) is 0 Å². The highest BCUT2D eigenvalue weighted by Gasteiger charge is 2.48. The van der Waals surface area contributed by atoms with Gasteiger partial charge in [-0.25, -0.2) is 0 Å². The maximum atomic E-state index is 12.1. The van der Waals surface area contributed by atoms with Gasteiger partial charge < -0.3 is 0 Å². The van der Waals surface area contributed by atoms with Crippen molar-refractivity contribution < 1.29 is 9.59 Å². The normalized spacial score (nSPS) is 17.4. The Hall–Kier alpha value is 0.0600. The molecular weight excluding hydrogens is 762 g/mol. The van der Waals surface area contributed by atoms with Crippen LogP contribution in [0.25, 0.3) is 0 Å². The van der Waals surface area contributed by atoms with Crippen molar-refractivity contribution in [2.24, 2.45) is 0 Å². The predicted molar refractivity (Wildman–Crippen MR) is 152 cm³/mol. The largest absolute Gasteiger partial charge is 0.299 e. The summed E-state index contributed by atoms with van der Waals surface area (Å²) in [6, 6.07) is 4.01. The number of carbonyl (C=O) groups is 2. The molecule has 172 valence electrons. The lowest BCUT2D eigenvalue weighted by Gasteiger charge is -2.20. The minimum absolute atomic E-state index is 0.198. The standard InChI is InChI=1S/C12H12BrNO.C8H6BrNO.C4H8I2/c13-9-5-8-6-10(15)12(3-1-2-4-12)11(8)14-7-9;9-6-1-5-2-7(11)3-8(5)10-4-6;5-3-1-2-4-6/h5,7H,1-4,6H2;1,4H,2-3H2;1-4H2. The summed E-state index contributed by atoms with van der Waals surface area (Å²) in [4.78, 5) is 31.7. The molecule has 2 aromatic heterocycles. The van der Waals surface area contributed by atoms with E-state index in [2.05, 4.69) is 87.0 Å². The summed E-state index contributed by atoms with van der Waals surface area (Å²) in [5.74, 6) is 0.659. The van der Waals surface area contributed by atoms with E-state index in [-0.39, 0.29) is 11.2 Å². The Morgan fingerprint density at radius 3 is 2.06 bits per heavy atom. The number of ketones is 2. The molecule has 5 rings (SSSR count). The van der Waals surface area contributed by atoms with E-state index >= 15 is 0 Å². The van der Waals surface area contributed by atoms with Gasteiger partial charge in [-0.2, -0.15) is 0 Å². The lowest BCUT2D eigenvalue weighted by atomic mass is 9.82. The molecule has 0 unspecified atom stereocenters. The van der Waals surface area contributed by atoms with Crippen LogP contribution >= 0.6 is 77.0 Å². The monoisotopic (exact) mass is 786 g/mol. The first-order chi connectivity index (χ1) is 15.4. The maximum absolute atomic E-state index is 12.1. The van der Waals surface area contributed by atoms with Gasteiger partial charge in [-0.3, -0.25) is 19.6 Å². The lowest BCUT2D eigenvalue weighted by molar-refractivity contribution is -0.122. The average Bonchev–Trinajstić information content (AvgIpc) is 3.46. The first-order valence-corrected chi connectivity index (χ1v) is 15.5. The van der Waals surface area contributed by atoms with Crippen molar-refractivity contribution in [3.8, 4) is 0 Å². The van der Waals surface area contributed by atoms with Crippen LogP contribution in [0.4, 0.5) is 0 Å². The van der Waals surface area contributed by atoms with E-state index in [1.807, 2.05) is 18.3 Å². The van der Waals surface area contributed by atoms with Crippen LogP contribution in [0.15, 0.2) is 33.5 Å². The number of rotatable bonds is 3. The van der Waals surface area contributed by atoms with Gasteiger partial charge >= 0.3 is 0 Å². The summed E-state index contributed by atoms with van der Waals surface area (Å²) in [5.41, 5.74) is 4.02. The average molecular weight is 788 g/mol. The number of halogens is 4. The summed E-state index contributed by atoms with van der Waals surface area (Å²) in [7, 11) is 0. The molecule has 0 saturated heterocycles. The zero-order valence-corrected chi connectivity index (χ0v) is 25.3. The molecular formula is C24H26Br2I2N2O2. The molecule has 3 aliphatic carbocycles. The number of fused-ring (bicyclic) bond motifs is 3. The molecule has 0 N–H and O–H groups in total. The van der Waals surface area contributed by atoms with Gasteiger partial charge in [0.2, 0.25) is 0 Å². The van der Waals surface area contributed by atoms with Gasteiger partial charge in [0.25, 0.3) is 0 Å². The minimum atomic E-state index is -0.198. The molecule has 2 aromatic rings. The molecule has 2 heterocycles. The van der Waals surface area contributed by atoms with E-state index in [0.29, 0.717) is 25.0 Å². The van der Waals surface area contributed by atoms with E-state index in [4.69, 9.17) is 0 Å². The van der Waals surface area contributed by atoms with Crippen LogP contribution in [0.2, 0.25) is 0 Å². The molecule has 4 nitrogen and oxygen atoms in total. The zero-order valence-electron chi connectivity index (χ0n) is 17.8. The maximum Gasteiger partial charge on any atom is 0.149 e. The number of hydrogen-bond acceptors (Lipinski definition) is 4. The predicted octanol–water partition coefficient (Wildman–Crippen LogP) is 6.93. The number of nitrogens with zero attached hydrogens (tertiary/aromatic N) is 2. The Morgan fingerprint density at radius 2 is 1.44 bits per heavy atom. The van der Waals surface area contributed by atoms with E-state index in [1.165, 1.54) is 34.5 Å². The number of pyridine rings is 2. The fourth-order valence-corrected chi connectivity index (χ4v) is 6.32. The Balaban J connectivity index is 0.000000150. The van der Waals surface area contributed by atoms with Gasteiger partial charge in [-0.05, 0) is 89.7 Å². The number of hydrogen-bond donors (Lipinski definition) is 0. The third-order valence-corrected chi connectivity index (χ3v) is 8.42. The smallest absolute Gasteiger partial charge is 0.149 e. The Morgan fingerprint density at radius 1 is 0.844 bits per heavy atom. The van der Waals surface area contributed by atoms with Crippen molar-refractivity contribution in [2.45, 2.75) is 63.2 Å². The third-order valence-electron chi connectivity index (χ3n) is 6.02. The minimum Gasteiger partial charge on any atom is -0.299 e. The van der Waals surface area contributed by atoms with E-state index in [1.54, 1.807) is 6.20 Å². The first-order valence-electron chi connectivity index (χ1n) is 10.8. The molecule has 0 aliphatic heterocycles. The number of Topliss-reactive ketones (excluding diaryl/α,β-unsaturated/α-hetero) is 2. The van der Waals surface area contributed by atoms with Crippen molar-refractivity contribution in [3.05, 3.63) is 56.0 Å². The molecule has 1 spiro atoms. The molecule has 3 aliphatic rings. The lowest BCUT2D eigenvalue weighted by Crippen LogP contribution is -2.29. The number of carbonyl (C=O) groups excluding carboxylic acids is 2. The molecule has 8 heteroatoms. The fourth-order valence-electron chi connectivity index (χ4n) is 4.49. The summed E-state index contributed by atoms with van der Waals surface area (Å²) in [6.45, 7) is 0. The van der Waals surface area contributed by atoms with Crippen LogP contribution in [-0.2, 0) is 34.3 Å².